The van der Waals surface area contributed by atoms with E-state index in [1.165, 1.54) is 14.0 Å². The first-order chi connectivity index (χ1) is 29.5. The summed E-state index contributed by atoms with van der Waals surface area (Å²) in [5.74, 6) is 1.41. The molecule has 11 rings (SSSR count). The molecule has 15 nitrogen and oxygen atoms in total. The Labute approximate surface area is 356 Å². The first-order valence-electron chi connectivity index (χ1n) is 20.3. The summed E-state index contributed by atoms with van der Waals surface area (Å²) < 4.78 is 42.4. The van der Waals surface area contributed by atoms with Gasteiger partial charge in [0.1, 0.15) is 23.9 Å². The van der Waals surface area contributed by atoms with E-state index in [4.69, 9.17) is 33.2 Å². The number of likely N-dealkylation sites (N-methyl/N-ethyl adjacent to an activating group) is 1. The highest BCUT2D eigenvalue weighted by Gasteiger charge is 2.61. The van der Waals surface area contributed by atoms with Gasteiger partial charge in [0.25, 0.3) is 0 Å². The number of hydrogen-bond donors (Lipinski definition) is 2. The van der Waals surface area contributed by atoms with Crippen LogP contribution in [-0.2, 0) is 37.4 Å². The van der Waals surface area contributed by atoms with Gasteiger partial charge >= 0.3 is 12.1 Å². The first kappa shape index (κ1) is 39.6. The van der Waals surface area contributed by atoms with Crippen molar-refractivity contribution in [3.63, 3.8) is 0 Å². The predicted octanol–water partition coefficient (Wildman–Crippen LogP) is 5.75. The third kappa shape index (κ3) is 5.74. The Hall–Kier alpha value is -5.57. The lowest BCUT2D eigenvalue weighted by molar-refractivity contribution is -0.133. The number of para-hydroxylation sites is 1. The van der Waals surface area contributed by atoms with Crippen LogP contribution >= 0.6 is 11.8 Å². The minimum Gasteiger partial charge on any atom is -0.493 e. The number of methoxy groups -OCH3 is 1. The fourth-order valence-corrected chi connectivity index (χ4v) is 12.8. The molecule has 8 heterocycles. The van der Waals surface area contributed by atoms with Gasteiger partial charge in [0.2, 0.25) is 6.79 Å². The number of ketones is 1. The Morgan fingerprint density at radius 1 is 1.10 bits per heavy atom. The van der Waals surface area contributed by atoms with Crippen LogP contribution in [0.3, 0.4) is 0 Å². The molecule has 4 aromatic rings. The molecule has 61 heavy (non-hydrogen) atoms. The fraction of sp³-hybridized carbons (Fsp3) is 0.422. The van der Waals surface area contributed by atoms with E-state index in [2.05, 4.69) is 38.8 Å². The number of nitriles is 1. The summed E-state index contributed by atoms with van der Waals surface area (Å²) in [7, 11) is 3.51. The zero-order valence-electron chi connectivity index (χ0n) is 34.4. The molecule has 316 valence electrons. The van der Waals surface area contributed by atoms with Crippen LogP contribution in [0.1, 0.15) is 68.9 Å². The number of carbonyl (C=O) groups is 3. The Bertz CT molecular complexity index is 2600. The zero-order chi connectivity index (χ0) is 42.5. The molecule has 2 saturated heterocycles. The van der Waals surface area contributed by atoms with Gasteiger partial charge in [0.05, 0.1) is 43.4 Å². The molecule has 16 heteroatoms. The van der Waals surface area contributed by atoms with Gasteiger partial charge in [-0.05, 0) is 56.5 Å². The monoisotopic (exact) mass is 847 g/mol. The summed E-state index contributed by atoms with van der Waals surface area (Å²) in [5, 5.41) is 15.5. The molecule has 7 aliphatic rings. The van der Waals surface area contributed by atoms with Crippen molar-refractivity contribution in [2.75, 3.05) is 46.5 Å². The second-order valence-electron chi connectivity index (χ2n) is 16.4. The number of fused-ring (bicyclic) bond motifs is 12. The number of hydrogen-bond acceptors (Lipinski definition) is 15. The number of aryl methyl sites for hydroxylation is 1. The first-order valence-corrected chi connectivity index (χ1v) is 21.4. The molecule has 1 spiro atoms. The fourth-order valence-electron chi connectivity index (χ4n) is 11.0. The maximum absolute atomic E-state index is 15.0. The summed E-state index contributed by atoms with van der Waals surface area (Å²) in [6.45, 7) is 8.90. The smallest absolute Gasteiger partial charge is 0.493 e. The van der Waals surface area contributed by atoms with Crippen molar-refractivity contribution in [3.05, 3.63) is 87.8 Å². The summed E-state index contributed by atoms with van der Waals surface area (Å²) >= 11 is 1.55. The number of ether oxygens (including phenoxy) is 7. The van der Waals surface area contributed by atoms with Gasteiger partial charge in [-0.2, -0.15) is 5.26 Å². The highest BCUT2D eigenvalue weighted by Crippen LogP contribution is 2.64. The van der Waals surface area contributed by atoms with Gasteiger partial charge in [-0.25, -0.2) is 4.79 Å². The zero-order valence-corrected chi connectivity index (χ0v) is 35.2. The number of aromatic nitrogens is 1. The van der Waals surface area contributed by atoms with Gasteiger partial charge < -0.3 is 38.1 Å². The number of piperazine rings is 1. The molecular formula is C45H45N5O10S. The number of nitrogens with one attached hydrogen (secondary N) is 2. The Kier molecular flexibility index (Phi) is 9.60. The van der Waals surface area contributed by atoms with Gasteiger partial charge in [-0.15, -0.1) is 11.8 Å². The number of thioether (sulfide) groups is 1. The number of Topliss-reactive ketones (excluding diaryl/α,β-unsaturated/α-hetero) is 1. The Balaban J connectivity index is 1.26. The quantitative estimate of drug-likeness (QED) is 0.110. The van der Waals surface area contributed by atoms with E-state index in [0.717, 1.165) is 46.0 Å². The number of nitrogens with zero attached hydrogens (tertiary/aromatic N) is 3. The Morgan fingerprint density at radius 3 is 2.67 bits per heavy atom. The van der Waals surface area contributed by atoms with Crippen LogP contribution in [0, 0.1) is 25.2 Å². The maximum Gasteiger partial charge on any atom is 0.518 e. The third-order valence-electron chi connectivity index (χ3n) is 13.4. The molecule has 2 fully saturated rings. The van der Waals surface area contributed by atoms with E-state index >= 15 is 0 Å². The number of benzene rings is 3. The molecule has 0 amide bonds. The van der Waals surface area contributed by atoms with Gasteiger partial charge in [-0.3, -0.25) is 24.7 Å². The molecule has 7 atom stereocenters. The molecule has 0 saturated carbocycles. The van der Waals surface area contributed by atoms with Gasteiger partial charge in [0.15, 0.2) is 28.8 Å². The minimum absolute atomic E-state index is 0.0128. The number of H-pyrrole nitrogens is 1. The maximum atomic E-state index is 15.0. The van der Waals surface area contributed by atoms with Crippen LogP contribution in [0.4, 0.5) is 4.79 Å². The van der Waals surface area contributed by atoms with E-state index in [1.54, 1.807) is 11.8 Å². The average molecular weight is 848 g/mol. The number of esters is 1. The molecular weight excluding hydrogens is 803 g/mol. The predicted molar refractivity (Wildman–Crippen MR) is 222 cm³/mol. The molecule has 7 aliphatic heterocycles. The molecule has 2 N–H and O–H groups in total. The molecule has 0 aliphatic carbocycles. The SMILES string of the molecule is C=COC(=O)Oc1c(OC)c(C)cc2c1[C@@H]1C3[C@@H]4SC[C@]5(NCCc6c5[nH]c5ccccc65)C(=O)COC[C@@H](c5c6c(c(C)c(OC(C)=O)c54)OCO6)N3[C@@H](C#N)[C@H](C2)N1C. The summed E-state index contributed by atoms with van der Waals surface area (Å²) in [4.78, 5) is 49.3. The van der Waals surface area contributed by atoms with Crippen molar-refractivity contribution >= 4 is 40.6 Å². The topological polar surface area (TPSA) is 174 Å². The summed E-state index contributed by atoms with van der Waals surface area (Å²) in [6, 6.07) is 9.94. The van der Waals surface area contributed by atoms with Crippen molar-refractivity contribution in [1.82, 2.24) is 20.1 Å². The van der Waals surface area contributed by atoms with E-state index in [9.17, 15) is 19.6 Å². The molecule has 1 aromatic heterocycles. The number of rotatable bonds is 4. The van der Waals surface area contributed by atoms with E-state index in [0.29, 0.717) is 58.2 Å². The minimum atomic E-state index is -1.21. The Morgan fingerprint density at radius 2 is 1.90 bits per heavy atom. The van der Waals surface area contributed by atoms with Crippen LogP contribution < -0.4 is 29.0 Å². The number of carbonyl (C=O) groups excluding carboxylic acids is 3. The summed E-state index contributed by atoms with van der Waals surface area (Å²) in [5.41, 5.74) is 5.90. The molecule has 3 aromatic carbocycles. The van der Waals surface area contributed by atoms with E-state index < -0.39 is 47.1 Å². The highest BCUT2D eigenvalue weighted by atomic mass is 32.2. The lowest BCUT2D eigenvalue weighted by Gasteiger charge is -2.61. The van der Waals surface area contributed by atoms with Crippen LogP contribution in [0.2, 0.25) is 0 Å². The van der Waals surface area contributed by atoms with Crippen LogP contribution in [0.25, 0.3) is 10.9 Å². The lowest BCUT2D eigenvalue weighted by Crippen LogP contribution is -2.69. The van der Waals surface area contributed by atoms with Crippen molar-refractivity contribution in [2.24, 2.45) is 0 Å². The second-order valence-corrected chi connectivity index (χ2v) is 17.5. The van der Waals surface area contributed by atoms with Crippen molar-refractivity contribution in [1.29, 1.82) is 5.26 Å². The van der Waals surface area contributed by atoms with Crippen LogP contribution in [0.5, 0.6) is 28.7 Å². The lowest BCUT2D eigenvalue weighted by atomic mass is 9.71. The second kappa shape index (κ2) is 14.8. The molecule has 4 bridgehead atoms. The van der Waals surface area contributed by atoms with Crippen LogP contribution in [-0.4, -0.2) is 97.3 Å². The van der Waals surface area contributed by atoms with E-state index in [1.807, 2.05) is 45.2 Å². The average Bonchev–Trinajstić information content (AvgIpc) is 3.88. The normalized spacial score (nSPS) is 27.5. The standard InChI is InChI=1S/C45H45N5O10S/c1-7-56-44(53)60-41-32-24(14-21(2)37(41)54-6)15-28-29(16-46)50-30-17-55-18-31(52)45(43-26(12-13-47-45)25-10-8-9-11-27(25)48-43)19-61-42(36(50)35(32)49(28)5)34-33(30)40-39(57-20-58-40)22(3)38(34)59-23(4)51/h7-11,14,28-30,35-36,42,47-48H,1,12-13,15,17-20H2,2-6H3/t28-,29-,30-,35+,36?,42+,45-/m0/s1. The number of aromatic amines is 1. The largest absolute Gasteiger partial charge is 0.518 e. The van der Waals surface area contributed by atoms with Gasteiger partial charge in [-0.1, -0.05) is 30.8 Å². The molecule has 0 radical (unpaired) electrons. The molecule has 1 unspecified atom stereocenters. The van der Waals surface area contributed by atoms with Crippen molar-refractivity contribution < 1.29 is 47.5 Å². The summed E-state index contributed by atoms with van der Waals surface area (Å²) in [6.07, 6.45) is 1.19. The van der Waals surface area contributed by atoms with Crippen molar-refractivity contribution in [3.8, 4) is 34.8 Å². The van der Waals surface area contributed by atoms with E-state index in [-0.39, 0.29) is 43.3 Å². The van der Waals surface area contributed by atoms with Gasteiger partial charge in [0, 0.05) is 70.2 Å². The van der Waals surface area contributed by atoms with Crippen LogP contribution in [0.15, 0.2) is 43.2 Å². The third-order valence-corrected chi connectivity index (χ3v) is 14.9. The van der Waals surface area contributed by atoms with Crippen molar-refractivity contribution in [2.45, 2.75) is 74.6 Å². The highest BCUT2D eigenvalue weighted by molar-refractivity contribution is 7.99.